The third kappa shape index (κ3) is 2.01. The predicted molar refractivity (Wildman–Crippen MR) is 134 cm³/mol. The molecule has 0 aliphatic carbocycles. The van der Waals surface area contributed by atoms with Crippen molar-refractivity contribution in [3.63, 3.8) is 0 Å². The van der Waals surface area contributed by atoms with Crippen molar-refractivity contribution in [2.24, 2.45) is 21.7 Å². The molecule has 0 radical (unpaired) electrons. The Hall–Kier alpha value is 1.98. The molecule has 5 heteroatoms. The molecule has 5 rings (SSSR count). The van der Waals surface area contributed by atoms with Gasteiger partial charge in [-0.05, 0) is 0 Å². The van der Waals surface area contributed by atoms with Crippen LogP contribution >= 0.6 is 30.0 Å². The molecule has 0 spiro atoms. The normalized spacial score (nSPS) is 46.1. The second kappa shape index (κ2) is 5.66. The fraction of sp³-hybridized carbons (Fsp3) is 0.955. The van der Waals surface area contributed by atoms with Gasteiger partial charge in [0, 0.05) is 0 Å². The van der Waals surface area contributed by atoms with E-state index in [9.17, 15) is 0 Å². The van der Waals surface area contributed by atoms with E-state index in [1.165, 1.54) is 12.8 Å². The summed E-state index contributed by atoms with van der Waals surface area (Å²) in [5, 5.41) is 2.05. The van der Waals surface area contributed by atoms with E-state index in [1.54, 1.807) is 0 Å². The van der Waals surface area contributed by atoms with E-state index in [-0.39, 0.29) is 22.1 Å². The average Bonchev–Trinajstić information content (AvgIpc) is 2.86. The minimum absolute atomic E-state index is 0.0261. The molecule has 27 heavy (non-hydrogen) atoms. The zero-order valence-corrected chi connectivity index (χ0v) is 24.9. The summed E-state index contributed by atoms with van der Waals surface area (Å²) >= 11 is 0.902. The van der Waals surface area contributed by atoms with Crippen LogP contribution in [-0.2, 0) is 0 Å². The first kappa shape index (κ1) is 22.2. The Morgan fingerprint density at radius 1 is 0.815 bits per heavy atom. The fourth-order valence-electron chi connectivity index (χ4n) is 6.11. The van der Waals surface area contributed by atoms with Gasteiger partial charge in [0.1, 0.15) is 0 Å². The first-order chi connectivity index (χ1) is 12.1. The molecule has 0 N–H and O–H groups in total. The van der Waals surface area contributed by atoms with Crippen molar-refractivity contribution in [1.82, 2.24) is 0 Å². The van der Waals surface area contributed by atoms with Crippen molar-refractivity contribution < 1.29 is 0 Å². The topological polar surface area (TPSA) is 0 Å². The second-order valence-electron chi connectivity index (χ2n) is 12.4. The van der Waals surface area contributed by atoms with Gasteiger partial charge in [-0.25, -0.2) is 0 Å². The van der Waals surface area contributed by atoms with E-state index in [2.05, 4.69) is 83.1 Å². The molecule has 6 atom stereocenters. The molecule has 6 bridgehead atoms. The van der Waals surface area contributed by atoms with Crippen molar-refractivity contribution in [3.8, 4) is 0 Å². The average molecular weight is 507 g/mol. The van der Waals surface area contributed by atoms with Gasteiger partial charge in [0.15, 0.2) is 0 Å². The summed E-state index contributed by atoms with van der Waals surface area (Å²) in [6.07, 6.45) is 2.76. The number of hydrogen-bond donors (Lipinski definition) is 0. The van der Waals surface area contributed by atoms with E-state index in [1.807, 2.05) is 12.9 Å². The van der Waals surface area contributed by atoms with Crippen LogP contribution in [0.3, 0.4) is 0 Å². The van der Waals surface area contributed by atoms with Crippen molar-refractivity contribution in [3.05, 3.63) is 0 Å². The summed E-state index contributed by atoms with van der Waals surface area (Å²) in [6, 6.07) is 0. The van der Waals surface area contributed by atoms with Crippen LogP contribution in [0.4, 0.5) is 0 Å². The van der Waals surface area contributed by atoms with Crippen LogP contribution in [-0.4, -0.2) is 33.1 Å². The molecular formula is C22H40P4Se. The van der Waals surface area contributed by atoms with Crippen LogP contribution in [0.25, 0.3) is 0 Å². The zero-order chi connectivity index (χ0) is 20.6. The quantitative estimate of drug-likeness (QED) is 0.263. The Kier molecular flexibility index (Phi) is 4.65. The third-order valence-corrected chi connectivity index (χ3v) is 43.7. The maximum absolute atomic E-state index is 2.69. The molecule has 154 valence electrons. The van der Waals surface area contributed by atoms with Crippen LogP contribution in [0.2, 0.25) is 0 Å². The Morgan fingerprint density at radius 2 is 1.33 bits per heavy atom. The Morgan fingerprint density at radius 3 is 1.74 bits per heavy atom. The standard InChI is InChI=1S/C22H40P4Se/c1-13-18(9,10)21-20(17(6,7)8)24-15(16(3,4)5)23-25(21)22(24,27-26(20)21)19(11,12)14-2/h13-14H2,1-12H3/t20-,21+,22+,24?,25?,26?/m0/s1. The Bertz CT molecular complexity index is 728. The summed E-state index contributed by atoms with van der Waals surface area (Å²) in [5.74, 6) is 0. The molecule has 5 aliphatic heterocycles. The molecule has 5 aliphatic rings. The van der Waals surface area contributed by atoms with Gasteiger partial charge in [0.05, 0.1) is 0 Å². The van der Waals surface area contributed by atoms with Crippen molar-refractivity contribution in [2.75, 3.05) is 0 Å². The molecule has 5 heterocycles. The molecule has 3 unspecified atom stereocenters. The molecule has 0 aromatic rings. The van der Waals surface area contributed by atoms with Gasteiger partial charge in [-0.3, -0.25) is 0 Å². The van der Waals surface area contributed by atoms with Crippen LogP contribution in [0.1, 0.15) is 95.9 Å². The summed E-state index contributed by atoms with van der Waals surface area (Å²) in [4.78, 5) is 1.47. The van der Waals surface area contributed by atoms with Gasteiger partial charge < -0.3 is 0 Å². The van der Waals surface area contributed by atoms with Crippen LogP contribution < -0.4 is 0 Å². The second-order valence-corrected chi connectivity index (χ2v) is 28.9. The van der Waals surface area contributed by atoms with Gasteiger partial charge in [0.25, 0.3) is 0 Å². The predicted octanol–water partition coefficient (Wildman–Crippen LogP) is 9.11. The van der Waals surface area contributed by atoms with E-state index in [4.69, 9.17) is 0 Å². The summed E-state index contributed by atoms with van der Waals surface area (Å²) < 4.78 is 0.759. The van der Waals surface area contributed by atoms with E-state index < -0.39 is 0 Å². The van der Waals surface area contributed by atoms with Gasteiger partial charge in [-0.2, -0.15) is 0 Å². The van der Waals surface area contributed by atoms with E-state index in [0.29, 0.717) is 21.7 Å². The summed E-state index contributed by atoms with van der Waals surface area (Å²) in [6.45, 7) is 31.6. The Labute approximate surface area is 180 Å². The monoisotopic (exact) mass is 508 g/mol. The SMILES string of the molecule is CCC(C)(C)[C@@]12[Se]P3[C@]4(C(C)(C)C)P1C(C(C)(C)C)=PP2[C@]34C(C)(C)CC. The molecule has 4 fully saturated rings. The molecule has 0 aromatic carbocycles. The summed E-state index contributed by atoms with van der Waals surface area (Å²) in [7, 11) is 2.00. The van der Waals surface area contributed by atoms with E-state index in [0.717, 1.165) is 28.1 Å². The van der Waals surface area contributed by atoms with Crippen LogP contribution in [0.5, 0.6) is 0 Å². The molecule has 0 amide bonds. The molecule has 0 nitrogen and oxygen atoms in total. The molecule has 4 saturated heterocycles. The van der Waals surface area contributed by atoms with Crippen LogP contribution in [0.15, 0.2) is 0 Å². The number of hydrogen-bond acceptors (Lipinski definition) is 0. The van der Waals surface area contributed by atoms with Crippen molar-refractivity contribution >= 4 is 49.6 Å². The van der Waals surface area contributed by atoms with Crippen LogP contribution in [0, 0.1) is 21.7 Å². The van der Waals surface area contributed by atoms with Crippen molar-refractivity contribution in [1.29, 1.82) is 0 Å². The molecular weight excluding hydrogens is 467 g/mol. The third-order valence-electron chi connectivity index (χ3n) is 8.18. The summed E-state index contributed by atoms with van der Waals surface area (Å²) in [5.41, 5.74) is 1.97. The first-order valence-corrected chi connectivity index (χ1v) is 19.4. The van der Waals surface area contributed by atoms with Gasteiger partial charge in [-0.1, -0.05) is 0 Å². The molecule has 0 aromatic heterocycles. The van der Waals surface area contributed by atoms with Crippen molar-refractivity contribution in [2.45, 2.75) is 110 Å². The zero-order valence-electron chi connectivity index (χ0n) is 19.6. The van der Waals surface area contributed by atoms with Gasteiger partial charge in [-0.15, -0.1) is 0 Å². The fourth-order valence-corrected chi connectivity index (χ4v) is 64.1. The van der Waals surface area contributed by atoms with Gasteiger partial charge >= 0.3 is 181 Å². The maximum atomic E-state index is 2.69. The van der Waals surface area contributed by atoms with Gasteiger partial charge in [0.2, 0.25) is 0 Å². The minimum atomic E-state index is 0.0261. The Balaban J connectivity index is 2.05. The van der Waals surface area contributed by atoms with E-state index >= 15 is 0 Å². The number of rotatable bonds is 4. The first-order valence-electron chi connectivity index (χ1n) is 10.7. The molecule has 0 saturated carbocycles.